The van der Waals surface area contributed by atoms with Crippen LogP contribution in [-0.4, -0.2) is 23.1 Å². The summed E-state index contributed by atoms with van der Waals surface area (Å²) in [4.78, 5) is 16.1. The summed E-state index contributed by atoms with van der Waals surface area (Å²) in [6.07, 6.45) is 3.75. The number of nitrogens with one attached hydrogen (secondary N) is 1. The average molecular weight is 234 g/mol. The molecule has 17 heavy (non-hydrogen) atoms. The Hall–Kier alpha value is -1.58. The molecule has 92 valence electrons. The molecule has 1 aliphatic rings. The van der Waals surface area contributed by atoms with Crippen LogP contribution in [0.1, 0.15) is 43.2 Å². The zero-order valence-corrected chi connectivity index (χ0v) is 10.5. The number of carbonyl (C=O) groups is 1. The number of ether oxygens (including phenoxy) is 1. The summed E-state index contributed by atoms with van der Waals surface area (Å²) in [5.41, 5.74) is 1.90. The number of esters is 1. The van der Waals surface area contributed by atoms with Crippen molar-refractivity contribution < 1.29 is 9.53 Å². The molecule has 0 saturated carbocycles. The maximum atomic E-state index is 12.0. The third-order valence-electron chi connectivity index (χ3n) is 2.55. The SMILES string of the molecule is CC(C)(C)OC(=O)c1nccc2c1NCCC2. The molecule has 2 heterocycles. The van der Waals surface area contributed by atoms with E-state index in [4.69, 9.17) is 4.74 Å². The van der Waals surface area contributed by atoms with Crippen LogP contribution in [0.2, 0.25) is 0 Å². The molecule has 0 aromatic carbocycles. The summed E-state index contributed by atoms with van der Waals surface area (Å²) < 4.78 is 5.35. The van der Waals surface area contributed by atoms with E-state index in [1.54, 1.807) is 6.20 Å². The minimum atomic E-state index is -0.490. The fourth-order valence-electron chi connectivity index (χ4n) is 1.88. The van der Waals surface area contributed by atoms with Crippen LogP contribution in [-0.2, 0) is 11.2 Å². The molecule has 0 atom stereocenters. The summed E-state index contributed by atoms with van der Waals surface area (Å²) in [6, 6.07) is 1.95. The average Bonchev–Trinajstić information content (AvgIpc) is 2.26. The van der Waals surface area contributed by atoms with E-state index in [2.05, 4.69) is 10.3 Å². The molecule has 0 radical (unpaired) electrons. The fraction of sp³-hybridized carbons (Fsp3) is 0.538. The normalized spacial score (nSPS) is 14.8. The van der Waals surface area contributed by atoms with Gasteiger partial charge in [0.2, 0.25) is 0 Å². The summed E-state index contributed by atoms with van der Waals surface area (Å²) in [5, 5.41) is 3.23. The molecule has 1 aromatic heterocycles. The van der Waals surface area contributed by atoms with Gasteiger partial charge in [0.1, 0.15) is 5.60 Å². The summed E-state index contributed by atoms with van der Waals surface area (Å²) in [5.74, 6) is -0.358. The maximum Gasteiger partial charge on any atom is 0.359 e. The number of aromatic nitrogens is 1. The van der Waals surface area contributed by atoms with Crippen LogP contribution in [0.5, 0.6) is 0 Å². The van der Waals surface area contributed by atoms with Gasteiger partial charge in [-0.15, -0.1) is 0 Å². The molecule has 0 fully saturated rings. The van der Waals surface area contributed by atoms with Crippen LogP contribution in [0.15, 0.2) is 12.3 Å². The molecule has 1 N–H and O–H groups in total. The molecule has 1 aromatic rings. The highest BCUT2D eigenvalue weighted by Gasteiger charge is 2.24. The van der Waals surface area contributed by atoms with Gasteiger partial charge in [-0.2, -0.15) is 0 Å². The van der Waals surface area contributed by atoms with Gasteiger partial charge in [0, 0.05) is 12.7 Å². The van der Waals surface area contributed by atoms with Gasteiger partial charge in [-0.1, -0.05) is 0 Å². The number of hydrogen-bond acceptors (Lipinski definition) is 4. The molecule has 0 amide bonds. The number of rotatable bonds is 1. The van der Waals surface area contributed by atoms with Crippen LogP contribution in [0.4, 0.5) is 5.69 Å². The minimum absolute atomic E-state index is 0.358. The lowest BCUT2D eigenvalue weighted by Gasteiger charge is -2.23. The molecule has 1 aliphatic heterocycles. The molecular formula is C13H18N2O2. The Balaban J connectivity index is 2.29. The number of fused-ring (bicyclic) bond motifs is 1. The lowest BCUT2D eigenvalue weighted by atomic mass is 10.0. The van der Waals surface area contributed by atoms with E-state index < -0.39 is 5.60 Å². The Morgan fingerprint density at radius 3 is 2.94 bits per heavy atom. The topological polar surface area (TPSA) is 51.2 Å². The van der Waals surface area contributed by atoms with Crippen molar-refractivity contribution in [3.8, 4) is 0 Å². The third-order valence-corrected chi connectivity index (χ3v) is 2.55. The first-order chi connectivity index (χ1) is 7.97. The van der Waals surface area contributed by atoms with Crippen molar-refractivity contribution in [3.05, 3.63) is 23.5 Å². The maximum absolute atomic E-state index is 12.0. The minimum Gasteiger partial charge on any atom is -0.455 e. The Kier molecular flexibility index (Phi) is 3.05. The van der Waals surface area contributed by atoms with Crippen molar-refractivity contribution in [3.63, 3.8) is 0 Å². The highest BCUT2D eigenvalue weighted by molar-refractivity contribution is 5.94. The number of anilines is 1. The number of pyridine rings is 1. The van der Waals surface area contributed by atoms with E-state index in [1.165, 1.54) is 0 Å². The molecule has 0 spiro atoms. The first-order valence-electron chi connectivity index (χ1n) is 5.92. The van der Waals surface area contributed by atoms with Gasteiger partial charge < -0.3 is 10.1 Å². The molecule has 4 heteroatoms. The molecule has 0 aliphatic carbocycles. The molecule has 0 unspecified atom stereocenters. The van der Waals surface area contributed by atoms with Crippen molar-refractivity contribution in [1.82, 2.24) is 4.98 Å². The van der Waals surface area contributed by atoms with E-state index in [0.29, 0.717) is 5.69 Å². The second kappa shape index (κ2) is 4.35. The van der Waals surface area contributed by atoms with Crippen LogP contribution in [0.25, 0.3) is 0 Å². The predicted molar refractivity (Wildman–Crippen MR) is 66.2 cm³/mol. The fourth-order valence-corrected chi connectivity index (χ4v) is 1.88. The van der Waals surface area contributed by atoms with E-state index >= 15 is 0 Å². The highest BCUT2D eigenvalue weighted by Crippen LogP contribution is 2.25. The molecule has 4 nitrogen and oxygen atoms in total. The van der Waals surface area contributed by atoms with E-state index in [9.17, 15) is 4.79 Å². The van der Waals surface area contributed by atoms with Crippen molar-refractivity contribution in [2.75, 3.05) is 11.9 Å². The van der Waals surface area contributed by atoms with Crippen molar-refractivity contribution >= 4 is 11.7 Å². The zero-order chi connectivity index (χ0) is 12.5. The van der Waals surface area contributed by atoms with Gasteiger partial charge in [0.25, 0.3) is 0 Å². The quantitative estimate of drug-likeness (QED) is 0.758. The number of hydrogen-bond donors (Lipinski definition) is 1. The van der Waals surface area contributed by atoms with E-state index in [1.807, 2.05) is 26.8 Å². The Bertz CT molecular complexity index is 436. The monoisotopic (exact) mass is 234 g/mol. The lowest BCUT2D eigenvalue weighted by Crippen LogP contribution is -2.26. The Labute approximate surface area is 101 Å². The first kappa shape index (κ1) is 11.9. The van der Waals surface area contributed by atoms with Gasteiger partial charge in [-0.05, 0) is 45.2 Å². The smallest absolute Gasteiger partial charge is 0.359 e. The standard InChI is InChI=1S/C13H18N2O2/c1-13(2,3)17-12(16)11-10-9(6-8-15-11)5-4-7-14-10/h6,8,14H,4-5,7H2,1-3H3. The van der Waals surface area contributed by atoms with E-state index in [-0.39, 0.29) is 5.97 Å². The second-order valence-corrected chi connectivity index (χ2v) is 5.23. The van der Waals surface area contributed by atoms with Gasteiger partial charge in [-0.3, -0.25) is 0 Å². The number of carbonyl (C=O) groups excluding carboxylic acids is 1. The van der Waals surface area contributed by atoms with Gasteiger partial charge in [0.05, 0.1) is 5.69 Å². The van der Waals surface area contributed by atoms with Crippen molar-refractivity contribution in [1.29, 1.82) is 0 Å². The summed E-state index contributed by atoms with van der Waals surface area (Å²) in [6.45, 7) is 6.45. The number of aryl methyl sites for hydroxylation is 1. The van der Waals surface area contributed by atoms with Crippen molar-refractivity contribution in [2.24, 2.45) is 0 Å². The van der Waals surface area contributed by atoms with Crippen molar-refractivity contribution in [2.45, 2.75) is 39.2 Å². The van der Waals surface area contributed by atoms with Crippen LogP contribution in [0, 0.1) is 0 Å². The molecule has 2 rings (SSSR count). The summed E-state index contributed by atoms with van der Waals surface area (Å²) >= 11 is 0. The Morgan fingerprint density at radius 1 is 1.47 bits per heavy atom. The molecular weight excluding hydrogens is 216 g/mol. The summed E-state index contributed by atoms with van der Waals surface area (Å²) in [7, 11) is 0. The van der Waals surface area contributed by atoms with Crippen LogP contribution < -0.4 is 5.32 Å². The van der Waals surface area contributed by atoms with Crippen LogP contribution >= 0.6 is 0 Å². The molecule has 0 saturated heterocycles. The predicted octanol–water partition coefficient (Wildman–Crippen LogP) is 2.40. The van der Waals surface area contributed by atoms with Crippen LogP contribution in [0.3, 0.4) is 0 Å². The molecule has 0 bridgehead atoms. The van der Waals surface area contributed by atoms with E-state index in [0.717, 1.165) is 30.6 Å². The number of nitrogens with zero attached hydrogens (tertiary/aromatic N) is 1. The third kappa shape index (κ3) is 2.75. The zero-order valence-electron chi connectivity index (χ0n) is 10.5. The largest absolute Gasteiger partial charge is 0.455 e. The lowest BCUT2D eigenvalue weighted by molar-refractivity contribution is 0.00639. The Morgan fingerprint density at radius 2 is 2.24 bits per heavy atom. The van der Waals surface area contributed by atoms with Gasteiger partial charge >= 0.3 is 5.97 Å². The van der Waals surface area contributed by atoms with Gasteiger partial charge in [-0.25, -0.2) is 9.78 Å². The highest BCUT2D eigenvalue weighted by atomic mass is 16.6. The van der Waals surface area contributed by atoms with Gasteiger partial charge in [0.15, 0.2) is 5.69 Å². The first-order valence-corrected chi connectivity index (χ1v) is 5.92. The second-order valence-electron chi connectivity index (χ2n) is 5.23.